The number of aromatic nitrogens is 4. The molecule has 0 saturated carbocycles. The molecule has 216 valence electrons. The van der Waals surface area contributed by atoms with E-state index in [1.54, 1.807) is 43.3 Å². The Bertz CT molecular complexity index is 1710. The van der Waals surface area contributed by atoms with Crippen molar-refractivity contribution in [2.45, 2.75) is 44.9 Å². The van der Waals surface area contributed by atoms with E-state index >= 15 is 0 Å². The number of ether oxygens (including phenoxy) is 1. The number of nitrogens with zero attached hydrogens (tertiary/aromatic N) is 5. The maximum atomic E-state index is 14.8. The lowest BCUT2D eigenvalue weighted by molar-refractivity contribution is -0.142. The van der Waals surface area contributed by atoms with Crippen molar-refractivity contribution in [2.75, 3.05) is 5.32 Å². The van der Waals surface area contributed by atoms with Crippen LogP contribution in [0.5, 0.6) is 5.88 Å². The number of amides is 2. The Morgan fingerprint density at radius 1 is 1.14 bits per heavy atom. The number of rotatable bonds is 5. The van der Waals surface area contributed by atoms with Gasteiger partial charge < -0.3 is 15.4 Å². The summed E-state index contributed by atoms with van der Waals surface area (Å²) in [6, 6.07) is 13.1. The van der Waals surface area contributed by atoms with Crippen molar-refractivity contribution < 1.29 is 31.9 Å². The van der Waals surface area contributed by atoms with Gasteiger partial charge in [-0.15, -0.1) is 0 Å². The first kappa shape index (κ1) is 27.2. The molecule has 2 atom stereocenters. The van der Waals surface area contributed by atoms with Gasteiger partial charge in [-0.25, -0.2) is 14.1 Å². The van der Waals surface area contributed by atoms with Crippen molar-refractivity contribution in [3.63, 3.8) is 0 Å². The predicted molar refractivity (Wildman–Crippen MR) is 143 cm³/mol. The van der Waals surface area contributed by atoms with Gasteiger partial charge in [-0.05, 0) is 13.0 Å². The van der Waals surface area contributed by atoms with Crippen molar-refractivity contribution in [2.24, 2.45) is 4.99 Å². The molecule has 4 aromatic rings. The molecule has 0 fully saturated rings. The highest BCUT2D eigenvalue weighted by Crippen LogP contribution is 2.35. The second-order valence-corrected chi connectivity index (χ2v) is 9.88. The van der Waals surface area contributed by atoms with E-state index in [1.165, 1.54) is 23.0 Å². The summed E-state index contributed by atoms with van der Waals surface area (Å²) in [4.78, 5) is 31.6. The van der Waals surface area contributed by atoms with E-state index < -0.39 is 36.5 Å². The number of para-hydroxylation sites is 1. The average Bonchev–Trinajstić information content (AvgIpc) is 3.52. The number of carbonyl (C=O) groups is 2. The summed E-state index contributed by atoms with van der Waals surface area (Å²) >= 11 is 0. The Hall–Kier alpha value is -5.01. The van der Waals surface area contributed by atoms with Gasteiger partial charge in [0, 0.05) is 35.9 Å². The van der Waals surface area contributed by atoms with E-state index in [0.29, 0.717) is 28.8 Å². The normalized spacial score (nSPS) is 18.2. The molecule has 10 nitrogen and oxygen atoms in total. The zero-order valence-corrected chi connectivity index (χ0v) is 22.0. The molecule has 42 heavy (non-hydrogen) atoms. The van der Waals surface area contributed by atoms with E-state index in [1.807, 2.05) is 0 Å². The van der Waals surface area contributed by atoms with E-state index in [-0.39, 0.29) is 40.2 Å². The molecule has 4 heterocycles. The molecule has 0 radical (unpaired) electrons. The summed E-state index contributed by atoms with van der Waals surface area (Å²) in [6.07, 6.45) is -3.40. The SMILES string of the molecule is CC1CCn2nc(-c3cnn(CC(F)(F)F)c3)c(C(=O)N[C@H]3N=C(c4ccccc4)c4cccc(F)c4NC3=O)c2O1. The molecule has 0 spiro atoms. The second-order valence-electron chi connectivity index (χ2n) is 9.88. The van der Waals surface area contributed by atoms with E-state index in [4.69, 9.17) is 4.74 Å². The number of benzene rings is 2. The number of hydrogen-bond donors (Lipinski definition) is 2. The van der Waals surface area contributed by atoms with Crippen LogP contribution in [0.1, 0.15) is 34.8 Å². The van der Waals surface area contributed by atoms with Crippen LogP contribution >= 0.6 is 0 Å². The number of alkyl halides is 3. The van der Waals surface area contributed by atoms with Crippen molar-refractivity contribution >= 4 is 23.2 Å². The minimum absolute atomic E-state index is 0.0284. The molecule has 0 saturated heterocycles. The van der Waals surface area contributed by atoms with Gasteiger partial charge in [0.25, 0.3) is 11.8 Å². The van der Waals surface area contributed by atoms with E-state index in [2.05, 4.69) is 25.8 Å². The lowest BCUT2D eigenvalue weighted by atomic mass is 10.0. The molecular formula is C28H23F4N7O3. The quantitative estimate of drug-likeness (QED) is 0.344. The van der Waals surface area contributed by atoms with Crippen LogP contribution in [0, 0.1) is 5.82 Å². The summed E-state index contributed by atoms with van der Waals surface area (Å²) in [6.45, 7) is 0.869. The van der Waals surface area contributed by atoms with Crippen LogP contribution in [0.2, 0.25) is 0 Å². The zero-order valence-electron chi connectivity index (χ0n) is 22.0. The monoisotopic (exact) mass is 581 g/mol. The van der Waals surface area contributed by atoms with Gasteiger partial charge in [0.1, 0.15) is 23.6 Å². The summed E-state index contributed by atoms with van der Waals surface area (Å²) in [5, 5.41) is 13.3. The van der Waals surface area contributed by atoms with Crippen LogP contribution in [-0.2, 0) is 17.9 Å². The van der Waals surface area contributed by atoms with Crippen LogP contribution in [0.25, 0.3) is 11.3 Å². The van der Waals surface area contributed by atoms with Crippen LogP contribution < -0.4 is 15.4 Å². The Morgan fingerprint density at radius 2 is 1.93 bits per heavy atom. The van der Waals surface area contributed by atoms with Gasteiger partial charge in [-0.2, -0.15) is 23.4 Å². The van der Waals surface area contributed by atoms with Crippen molar-refractivity contribution in [3.8, 4) is 17.1 Å². The molecule has 0 aliphatic carbocycles. The summed E-state index contributed by atoms with van der Waals surface area (Å²) < 4.78 is 61.8. The molecule has 2 aliphatic rings. The number of aliphatic imine (C=N–C) groups is 1. The van der Waals surface area contributed by atoms with Crippen LogP contribution in [0.4, 0.5) is 23.2 Å². The lowest BCUT2D eigenvalue weighted by Crippen LogP contribution is -2.42. The second kappa shape index (κ2) is 10.4. The Morgan fingerprint density at radius 3 is 2.69 bits per heavy atom. The number of aryl methyl sites for hydroxylation is 1. The lowest BCUT2D eigenvalue weighted by Gasteiger charge is -2.22. The zero-order chi connectivity index (χ0) is 29.6. The molecule has 2 aromatic carbocycles. The number of anilines is 1. The number of fused-ring (bicyclic) bond motifs is 2. The minimum Gasteiger partial charge on any atom is -0.474 e. The predicted octanol–water partition coefficient (Wildman–Crippen LogP) is 4.16. The smallest absolute Gasteiger partial charge is 0.408 e. The fourth-order valence-corrected chi connectivity index (χ4v) is 4.85. The fraction of sp³-hybridized carbons (Fsp3) is 0.250. The first-order chi connectivity index (χ1) is 20.1. The van der Waals surface area contributed by atoms with Crippen LogP contribution in [0.3, 0.4) is 0 Å². The standard InChI is InChI=1S/C28H23F4N7O3/c1-15-10-11-39-27(42-15)20(22(37-39)17-12-33-38(13-17)14-28(30,31)32)25(40)36-24-26(41)35-23-18(8-5-9-19(23)29)21(34-24)16-6-3-2-4-7-16/h2-9,12-13,15,24H,10-11,14H2,1H3,(H,35,41)(H,36,40)/t15?,24-/m1/s1. The third kappa shape index (κ3) is 5.22. The Labute approximate surface area is 236 Å². The molecule has 2 aliphatic heterocycles. The molecule has 14 heteroatoms. The largest absolute Gasteiger partial charge is 0.474 e. The third-order valence-corrected chi connectivity index (χ3v) is 6.78. The number of halogens is 4. The van der Waals surface area contributed by atoms with E-state index in [9.17, 15) is 27.2 Å². The molecule has 6 rings (SSSR count). The minimum atomic E-state index is -4.51. The van der Waals surface area contributed by atoms with Gasteiger partial charge in [0.15, 0.2) is 0 Å². The Kier molecular flexibility index (Phi) is 6.75. The van der Waals surface area contributed by atoms with Crippen molar-refractivity contribution in [3.05, 3.63) is 83.4 Å². The highest BCUT2D eigenvalue weighted by Gasteiger charge is 2.35. The topological polar surface area (TPSA) is 115 Å². The van der Waals surface area contributed by atoms with Gasteiger partial charge in [0.2, 0.25) is 12.0 Å². The first-order valence-corrected chi connectivity index (χ1v) is 13.0. The molecule has 2 aromatic heterocycles. The van der Waals surface area contributed by atoms with Gasteiger partial charge in [0.05, 0.1) is 23.7 Å². The maximum absolute atomic E-state index is 14.8. The van der Waals surface area contributed by atoms with Gasteiger partial charge >= 0.3 is 6.18 Å². The number of carbonyl (C=O) groups excluding carboxylic acids is 2. The molecule has 2 amide bonds. The maximum Gasteiger partial charge on any atom is 0.408 e. The van der Waals surface area contributed by atoms with Crippen LogP contribution in [-0.4, -0.2) is 55.5 Å². The fourth-order valence-electron chi connectivity index (χ4n) is 4.85. The molecular weight excluding hydrogens is 558 g/mol. The van der Waals surface area contributed by atoms with Crippen molar-refractivity contribution in [1.29, 1.82) is 0 Å². The third-order valence-electron chi connectivity index (χ3n) is 6.78. The molecule has 2 N–H and O–H groups in total. The van der Waals surface area contributed by atoms with Gasteiger partial charge in [-0.1, -0.05) is 42.5 Å². The molecule has 0 bridgehead atoms. The number of benzodiazepines with no additional fused rings is 1. The highest BCUT2D eigenvalue weighted by molar-refractivity contribution is 6.20. The van der Waals surface area contributed by atoms with Gasteiger partial charge in [-0.3, -0.25) is 14.3 Å². The molecule has 1 unspecified atom stereocenters. The van der Waals surface area contributed by atoms with Crippen molar-refractivity contribution in [1.82, 2.24) is 24.9 Å². The summed E-state index contributed by atoms with van der Waals surface area (Å²) in [7, 11) is 0. The van der Waals surface area contributed by atoms with Crippen LogP contribution in [0.15, 0.2) is 65.9 Å². The number of nitrogens with one attached hydrogen (secondary N) is 2. The number of hydrogen-bond acceptors (Lipinski definition) is 6. The average molecular weight is 582 g/mol. The first-order valence-electron chi connectivity index (χ1n) is 13.0. The summed E-state index contributed by atoms with van der Waals surface area (Å²) in [5.74, 6) is -2.19. The highest BCUT2D eigenvalue weighted by atomic mass is 19.4. The summed E-state index contributed by atoms with van der Waals surface area (Å²) in [5.41, 5.74) is 1.17. The van der Waals surface area contributed by atoms with E-state index in [0.717, 1.165) is 6.20 Å². The Balaban J connectivity index is 1.40.